The molecule has 1 aromatic heterocycles. The second kappa shape index (κ2) is 8.12. The summed E-state index contributed by atoms with van der Waals surface area (Å²) in [6.07, 6.45) is 3.71. The number of piperazine rings is 1. The lowest BCUT2D eigenvalue weighted by Crippen LogP contribution is -2.55. The molecule has 2 aliphatic rings. The number of pyridine rings is 1. The van der Waals surface area contributed by atoms with Gasteiger partial charge in [-0.15, -0.1) is 0 Å². The molecule has 1 saturated carbocycles. The third-order valence-electron chi connectivity index (χ3n) is 4.62. The van der Waals surface area contributed by atoms with E-state index in [1.54, 1.807) is 12.1 Å². The lowest BCUT2D eigenvalue weighted by Gasteiger charge is -2.37. The zero-order chi connectivity index (χ0) is 17.8. The minimum Gasteiger partial charge on any atom is -0.352 e. The summed E-state index contributed by atoms with van der Waals surface area (Å²) in [5, 5.41) is 6.36. The molecule has 0 aromatic carbocycles. The Labute approximate surface area is 152 Å². The summed E-state index contributed by atoms with van der Waals surface area (Å²) in [6, 6.07) is 3.64. The Morgan fingerprint density at radius 2 is 2.00 bits per heavy atom. The van der Waals surface area contributed by atoms with Gasteiger partial charge in [0.05, 0.1) is 17.6 Å². The normalized spacial score (nSPS) is 20.1. The topological polar surface area (TPSA) is 77.6 Å². The first kappa shape index (κ1) is 18.1. The van der Waals surface area contributed by atoms with Gasteiger partial charge in [0.15, 0.2) is 0 Å². The molecule has 1 atom stereocenters. The van der Waals surface area contributed by atoms with E-state index >= 15 is 0 Å². The number of anilines is 1. The van der Waals surface area contributed by atoms with E-state index in [4.69, 9.17) is 11.6 Å². The molecular weight excluding hydrogens is 342 g/mol. The van der Waals surface area contributed by atoms with Crippen molar-refractivity contribution in [1.29, 1.82) is 0 Å². The van der Waals surface area contributed by atoms with E-state index in [0.717, 1.165) is 39.0 Å². The molecule has 2 heterocycles. The Morgan fingerprint density at radius 1 is 1.28 bits per heavy atom. The summed E-state index contributed by atoms with van der Waals surface area (Å²) in [5.41, 5.74) is 0. The number of nitrogens with zero attached hydrogens (tertiary/aromatic N) is 3. The third kappa shape index (κ3) is 5.39. The van der Waals surface area contributed by atoms with Gasteiger partial charge in [-0.25, -0.2) is 4.98 Å². The highest BCUT2D eigenvalue weighted by Gasteiger charge is 2.30. The molecule has 3 rings (SSSR count). The average molecular weight is 366 g/mol. The maximum absolute atomic E-state index is 12.1. The van der Waals surface area contributed by atoms with E-state index in [1.165, 1.54) is 6.20 Å². The fraction of sp³-hybridized carbons (Fsp3) is 0.588. The van der Waals surface area contributed by atoms with Crippen LogP contribution in [0.15, 0.2) is 18.3 Å². The maximum atomic E-state index is 12.1. The van der Waals surface area contributed by atoms with E-state index in [1.807, 2.05) is 6.92 Å². The molecular formula is C17H24ClN5O2. The first-order chi connectivity index (χ1) is 12.0. The summed E-state index contributed by atoms with van der Waals surface area (Å²) in [6.45, 7) is 5.37. The monoisotopic (exact) mass is 365 g/mol. The smallest absolute Gasteiger partial charge is 0.239 e. The minimum absolute atomic E-state index is 0.0946. The van der Waals surface area contributed by atoms with Crippen molar-refractivity contribution >= 4 is 29.2 Å². The van der Waals surface area contributed by atoms with Gasteiger partial charge in [0, 0.05) is 38.4 Å². The molecule has 7 nitrogen and oxygen atoms in total. The van der Waals surface area contributed by atoms with Crippen LogP contribution < -0.4 is 10.6 Å². The fourth-order valence-electron chi connectivity index (χ4n) is 2.86. The van der Waals surface area contributed by atoms with Crippen molar-refractivity contribution in [2.45, 2.75) is 31.8 Å². The summed E-state index contributed by atoms with van der Waals surface area (Å²) in [5.74, 6) is 0.517. The maximum Gasteiger partial charge on any atom is 0.239 e. The lowest BCUT2D eigenvalue weighted by atomic mass is 10.2. The van der Waals surface area contributed by atoms with Gasteiger partial charge in [-0.05, 0) is 31.9 Å². The Morgan fingerprint density at radius 3 is 2.60 bits per heavy atom. The molecule has 0 bridgehead atoms. The molecule has 2 N–H and O–H groups in total. The van der Waals surface area contributed by atoms with Crippen LogP contribution in [0.25, 0.3) is 0 Å². The zero-order valence-electron chi connectivity index (χ0n) is 14.4. The van der Waals surface area contributed by atoms with Crippen LogP contribution in [0.2, 0.25) is 5.02 Å². The first-order valence-corrected chi connectivity index (χ1v) is 9.07. The highest BCUT2D eigenvalue weighted by atomic mass is 35.5. The van der Waals surface area contributed by atoms with E-state index < -0.39 is 0 Å². The van der Waals surface area contributed by atoms with Crippen LogP contribution in [0.5, 0.6) is 0 Å². The average Bonchev–Trinajstić information content (AvgIpc) is 3.41. The molecule has 0 spiro atoms. The van der Waals surface area contributed by atoms with Crippen LogP contribution in [0.4, 0.5) is 5.82 Å². The SMILES string of the molecule is CC(C(=O)NC1CC1)N1CCN(CC(=O)Nc2ccc(Cl)cn2)CC1. The summed E-state index contributed by atoms with van der Waals surface area (Å²) in [7, 11) is 0. The van der Waals surface area contributed by atoms with Crippen LogP contribution in [0.3, 0.4) is 0 Å². The van der Waals surface area contributed by atoms with Gasteiger partial charge in [-0.2, -0.15) is 0 Å². The molecule has 25 heavy (non-hydrogen) atoms. The quantitative estimate of drug-likeness (QED) is 0.785. The Bertz CT molecular complexity index is 612. The predicted molar refractivity (Wildman–Crippen MR) is 96.5 cm³/mol. The Hall–Kier alpha value is -1.70. The molecule has 0 radical (unpaired) electrons. The standard InChI is InChI=1S/C17H24ClN5O2/c1-12(17(25)20-14-3-4-14)23-8-6-22(7-9-23)11-16(24)21-15-5-2-13(18)10-19-15/h2,5,10,12,14H,3-4,6-9,11H2,1H3,(H,20,25)(H,19,21,24). The molecule has 1 aliphatic carbocycles. The molecule has 2 amide bonds. The number of halogens is 1. The van der Waals surface area contributed by atoms with Gasteiger partial charge in [-0.3, -0.25) is 19.4 Å². The van der Waals surface area contributed by atoms with Crippen LogP contribution in [0.1, 0.15) is 19.8 Å². The van der Waals surface area contributed by atoms with Crippen LogP contribution in [-0.4, -0.2) is 71.4 Å². The number of carbonyl (C=O) groups is 2. The van der Waals surface area contributed by atoms with Gasteiger partial charge in [-0.1, -0.05) is 11.6 Å². The van der Waals surface area contributed by atoms with Crippen LogP contribution in [0, 0.1) is 0 Å². The number of amides is 2. The summed E-state index contributed by atoms with van der Waals surface area (Å²) >= 11 is 5.78. The third-order valence-corrected chi connectivity index (χ3v) is 4.84. The second-order valence-corrected chi connectivity index (χ2v) is 7.12. The Balaban J connectivity index is 1.40. The van der Waals surface area contributed by atoms with Crippen molar-refractivity contribution in [2.75, 3.05) is 38.0 Å². The largest absolute Gasteiger partial charge is 0.352 e. The van der Waals surface area contributed by atoms with E-state index in [2.05, 4.69) is 25.4 Å². The summed E-state index contributed by atoms with van der Waals surface area (Å²) in [4.78, 5) is 32.6. The highest BCUT2D eigenvalue weighted by molar-refractivity contribution is 6.30. The van der Waals surface area contributed by atoms with Gasteiger partial charge in [0.1, 0.15) is 5.82 Å². The van der Waals surface area contributed by atoms with E-state index in [-0.39, 0.29) is 17.9 Å². The number of hydrogen-bond acceptors (Lipinski definition) is 5. The first-order valence-electron chi connectivity index (χ1n) is 8.69. The fourth-order valence-corrected chi connectivity index (χ4v) is 2.97. The van der Waals surface area contributed by atoms with Crippen molar-refractivity contribution in [3.63, 3.8) is 0 Å². The number of hydrogen-bond donors (Lipinski definition) is 2. The predicted octanol–water partition coefficient (Wildman–Crippen LogP) is 0.958. The van der Waals surface area contributed by atoms with Gasteiger partial charge in [0.25, 0.3) is 0 Å². The molecule has 8 heteroatoms. The van der Waals surface area contributed by atoms with Crippen molar-refractivity contribution in [3.05, 3.63) is 23.4 Å². The van der Waals surface area contributed by atoms with Gasteiger partial charge < -0.3 is 10.6 Å². The van der Waals surface area contributed by atoms with E-state index in [0.29, 0.717) is 23.4 Å². The van der Waals surface area contributed by atoms with Crippen LogP contribution >= 0.6 is 11.6 Å². The molecule has 136 valence electrons. The van der Waals surface area contributed by atoms with Crippen molar-refractivity contribution in [3.8, 4) is 0 Å². The van der Waals surface area contributed by atoms with Crippen LogP contribution in [-0.2, 0) is 9.59 Å². The number of aromatic nitrogens is 1. The molecule has 2 fully saturated rings. The van der Waals surface area contributed by atoms with Crippen molar-refractivity contribution in [2.24, 2.45) is 0 Å². The highest BCUT2D eigenvalue weighted by Crippen LogP contribution is 2.19. The van der Waals surface area contributed by atoms with Crippen molar-refractivity contribution < 1.29 is 9.59 Å². The number of rotatable bonds is 6. The van der Waals surface area contributed by atoms with Crippen molar-refractivity contribution in [1.82, 2.24) is 20.1 Å². The molecule has 1 saturated heterocycles. The number of nitrogens with one attached hydrogen (secondary N) is 2. The van der Waals surface area contributed by atoms with Gasteiger partial charge >= 0.3 is 0 Å². The minimum atomic E-state index is -0.116. The second-order valence-electron chi connectivity index (χ2n) is 6.68. The molecule has 1 aromatic rings. The van der Waals surface area contributed by atoms with E-state index in [9.17, 15) is 9.59 Å². The summed E-state index contributed by atoms with van der Waals surface area (Å²) < 4.78 is 0. The Kier molecular flexibility index (Phi) is 5.88. The molecule has 1 unspecified atom stereocenters. The molecule has 1 aliphatic heterocycles. The number of carbonyl (C=O) groups excluding carboxylic acids is 2. The van der Waals surface area contributed by atoms with Gasteiger partial charge in [0.2, 0.25) is 11.8 Å². The lowest BCUT2D eigenvalue weighted by molar-refractivity contribution is -0.127. The zero-order valence-corrected chi connectivity index (χ0v) is 15.1.